The van der Waals surface area contributed by atoms with Crippen molar-refractivity contribution in [1.29, 1.82) is 0 Å². The summed E-state index contributed by atoms with van der Waals surface area (Å²) in [7, 11) is 0. The number of carboxylic acids is 1. The SMILES string of the molecule is O=C(O)CCCN1CCN(CCO)CC1. The number of piperazine rings is 1. The molecule has 88 valence electrons. The summed E-state index contributed by atoms with van der Waals surface area (Å²) in [6.45, 7) is 5.78. The third kappa shape index (κ3) is 5.11. The smallest absolute Gasteiger partial charge is 0.303 e. The number of aliphatic carboxylic acids is 1. The largest absolute Gasteiger partial charge is 0.481 e. The van der Waals surface area contributed by atoms with Gasteiger partial charge in [0.25, 0.3) is 0 Å². The van der Waals surface area contributed by atoms with E-state index in [2.05, 4.69) is 9.80 Å². The second kappa shape index (κ2) is 6.76. The molecule has 0 saturated carbocycles. The van der Waals surface area contributed by atoms with Gasteiger partial charge in [0, 0.05) is 39.1 Å². The number of carbonyl (C=O) groups is 1. The summed E-state index contributed by atoms with van der Waals surface area (Å²) in [5.41, 5.74) is 0. The predicted octanol–water partition coefficient (Wildman–Crippen LogP) is -0.539. The highest BCUT2D eigenvalue weighted by Crippen LogP contribution is 2.03. The molecule has 1 aliphatic heterocycles. The zero-order chi connectivity index (χ0) is 11.1. The minimum absolute atomic E-state index is 0.221. The Morgan fingerprint density at radius 2 is 1.60 bits per heavy atom. The molecule has 1 fully saturated rings. The second-order valence-electron chi connectivity index (χ2n) is 3.90. The van der Waals surface area contributed by atoms with E-state index in [-0.39, 0.29) is 13.0 Å². The third-order valence-corrected chi connectivity index (χ3v) is 2.75. The standard InChI is InChI=1S/C10H20N2O3/c13-9-8-12-6-4-11(5-7-12)3-1-2-10(14)15/h13H,1-9H2,(H,14,15). The molecule has 2 N–H and O–H groups in total. The number of carboxylic acid groups (broad SMARTS) is 1. The fourth-order valence-electron chi connectivity index (χ4n) is 1.83. The van der Waals surface area contributed by atoms with Crippen LogP contribution in [0, 0.1) is 0 Å². The number of nitrogens with zero attached hydrogens (tertiary/aromatic N) is 2. The van der Waals surface area contributed by atoms with Crippen molar-refractivity contribution in [1.82, 2.24) is 9.80 Å². The normalized spacial score (nSPS) is 19.3. The molecule has 5 heteroatoms. The van der Waals surface area contributed by atoms with E-state index >= 15 is 0 Å². The minimum Gasteiger partial charge on any atom is -0.481 e. The van der Waals surface area contributed by atoms with Gasteiger partial charge in [0.05, 0.1) is 6.61 Å². The molecule has 1 saturated heterocycles. The Labute approximate surface area is 90.3 Å². The predicted molar refractivity (Wildman–Crippen MR) is 56.8 cm³/mol. The Morgan fingerprint density at radius 3 is 2.07 bits per heavy atom. The van der Waals surface area contributed by atoms with Crippen LogP contribution in [0.5, 0.6) is 0 Å². The molecule has 1 rings (SSSR count). The van der Waals surface area contributed by atoms with Crippen LogP contribution in [0.1, 0.15) is 12.8 Å². The lowest BCUT2D eigenvalue weighted by Crippen LogP contribution is -2.47. The summed E-state index contributed by atoms with van der Waals surface area (Å²) in [5.74, 6) is -0.714. The van der Waals surface area contributed by atoms with Crippen LogP contribution in [0.4, 0.5) is 0 Å². The van der Waals surface area contributed by atoms with Crippen LogP contribution < -0.4 is 0 Å². The van der Waals surface area contributed by atoms with E-state index in [1.54, 1.807) is 0 Å². The number of β-amino-alcohol motifs (C(OH)–C–C–N with tert-alkyl or cyclic N) is 1. The quantitative estimate of drug-likeness (QED) is 0.624. The topological polar surface area (TPSA) is 64.0 Å². The first-order chi connectivity index (χ1) is 7.22. The first-order valence-corrected chi connectivity index (χ1v) is 5.49. The maximum Gasteiger partial charge on any atom is 0.303 e. The van der Waals surface area contributed by atoms with E-state index in [4.69, 9.17) is 10.2 Å². The van der Waals surface area contributed by atoms with Crippen molar-refractivity contribution in [2.45, 2.75) is 12.8 Å². The molecule has 1 aliphatic rings. The first-order valence-electron chi connectivity index (χ1n) is 5.49. The molecular weight excluding hydrogens is 196 g/mol. The molecule has 5 nitrogen and oxygen atoms in total. The molecule has 0 aromatic rings. The van der Waals surface area contributed by atoms with Crippen LogP contribution in [0.15, 0.2) is 0 Å². The molecule has 1 heterocycles. The number of rotatable bonds is 6. The van der Waals surface area contributed by atoms with Crippen molar-refractivity contribution >= 4 is 5.97 Å². The maximum absolute atomic E-state index is 10.3. The Balaban J connectivity index is 2.06. The van der Waals surface area contributed by atoms with Gasteiger partial charge >= 0.3 is 5.97 Å². The van der Waals surface area contributed by atoms with E-state index in [1.807, 2.05) is 0 Å². The average Bonchev–Trinajstić information content (AvgIpc) is 2.20. The Kier molecular flexibility index (Phi) is 5.60. The third-order valence-electron chi connectivity index (χ3n) is 2.75. The summed E-state index contributed by atoms with van der Waals surface area (Å²) in [4.78, 5) is 14.8. The summed E-state index contributed by atoms with van der Waals surface area (Å²) in [6.07, 6.45) is 0.992. The molecule has 0 spiro atoms. The van der Waals surface area contributed by atoms with Gasteiger partial charge in [-0.1, -0.05) is 0 Å². The molecule has 0 bridgehead atoms. The lowest BCUT2D eigenvalue weighted by atomic mass is 10.2. The lowest BCUT2D eigenvalue weighted by molar-refractivity contribution is -0.137. The van der Waals surface area contributed by atoms with E-state index in [9.17, 15) is 4.79 Å². The Morgan fingerprint density at radius 1 is 1.07 bits per heavy atom. The summed E-state index contributed by atoms with van der Waals surface area (Å²) in [5, 5.41) is 17.3. The van der Waals surface area contributed by atoms with Crippen LogP contribution in [-0.4, -0.2) is 71.9 Å². The first kappa shape index (κ1) is 12.4. The van der Waals surface area contributed by atoms with E-state index in [1.165, 1.54) is 0 Å². The number of hydrogen-bond donors (Lipinski definition) is 2. The van der Waals surface area contributed by atoms with Gasteiger partial charge in [0.1, 0.15) is 0 Å². The summed E-state index contributed by atoms with van der Waals surface area (Å²) >= 11 is 0. The lowest BCUT2D eigenvalue weighted by Gasteiger charge is -2.34. The van der Waals surface area contributed by atoms with Gasteiger partial charge in [-0.25, -0.2) is 0 Å². The monoisotopic (exact) mass is 216 g/mol. The van der Waals surface area contributed by atoms with Gasteiger partial charge in [-0.3, -0.25) is 9.69 Å². The molecule has 0 atom stereocenters. The van der Waals surface area contributed by atoms with E-state index in [0.29, 0.717) is 0 Å². The molecule has 15 heavy (non-hydrogen) atoms. The van der Waals surface area contributed by atoms with Crippen molar-refractivity contribution in [3.8, 4) is 0 Å². The second-order valence-corrected chi connectivity index (χ2v) is 3.90. The highest BCUT2D eigenvalue weighted by atomic mass is 16.4. The Hall–Kier alpha value is -0.650. The zero-order valence-corrected chi connectivity index (χ0v) is 9.06. The summed E-state index contributed by atoms with van der Waals surface area (Å²) in [6, 6.07) is 0. The number of aliphatic hydroxyl groups excluding tert-OH is 1. The summed E-state index contributed by atoms with van der Waals surface area (Å²) < 4.78 is 0. The van der Waals surface area contributed by atoms with Crippen molar-refractivity contribution in [2.24, 2.45) is 0 Å². The number of aliphatic hydroxyl groups is 1. The van der Waals surface area contributed by atoms with Gasteiger partial charge in [-0.15, -0.1) is 0 Å². The van der Waals surface area contributed by atoms with Crippen LogP contribution in [-0.2, 0) is 4.79 Å². The Bertz CT molecular complexity index is 191. The van der Waals surface area contributed by atoms with E-state index in [0.717, 1.165) is 45.7 Å². The van der Waals surface area contributed by atoms with E-state index < -0.39 is 5.97 Å². The van der Waals surface area contributed by atoms with Crippen molar-refractivity contribution in [2.75, 3.05) is 45.9 Å². The maximum atomic E-state index is 10.3. The van der Waals surface area contributed by atoms with Gasteiger partial charge in [-0.2, -0.15) is 0 Å². The molecule has 0 aliphatic carbocycles. The molecule has 0 amide bonds. The molecule has 0 unspecified atom stereocenters. The minimum atomic E-state index is -0.714. The van der Waals surface area contributed by atoms with Gasteiger partial charge in [-0.05, 0) is 13.0 Å². The molecule has 0 radical (unpaired) electrons. The molecule has 0 aromatic heterocycles. The van der Waals surface area contributed by atoms with Crippen LogP contribution in [0.3, 0.4) is 0 Å². The van der Waals surface area contributed by atoms with Gasteiger partial charge < -0.3 is 15.1 Å². The average molecular weight is 216 g/mol. The highest BCUT2D eigenvalue weighted by molar-refractivity contribution is 5.66. The highest BCUT2D eigenvalue weighted by Gasteiger charge is 2.15. The van der Waals surface area contributed by atoms with Crippen LogP contribution >= 0.6 is 0 Å². The van der Waals surface area contributed by atoms with Gasteiger partial charge in [0.2, 0.25) is 0 Å². The fraction of sp³-hybridized carbons (Fsp3) is 0.900. The zero-order valence-electron chi connectivity index (χ0n) is 9.06. The molecule has 0 aromatic carbocycles. The van der Waals surface area contributed by atoms with Crippen molar-refractivity contribution in [3.63, 3.8) is 0 Å². The fourth-order valence-corrected chi connectivity index (χ4v) is 1.83. The van der Waals surface area contributed by atoms with Gasteiger partial charge in [0.15, 0.2) is 0 Å². The van der Waals surface area contributed by atoms with Crippen molar-refractivity contribution < 1.29 is 15.0 Å². The number of hydrogen-bond acceptors (Lipinski definition) is 4. The van der Waals surface area contributed by atoms with Crippen molar-refractivity contribution in [3.05, 3.63) is 0 Å². The molecular formula is C10H20N2O3. The van der Waals surface area contributed by atoms with Crippen LogP contribution in [0.25, 0.3) is 0 Å². The van der Waals surface area contributed by atoms with Crippen LogP contribution in [0.2, 0.25) is 0 Å².